The fourth-order valence-corrected chi connectivity index (χ4v) is 2.58. The molecule has 0 saturated carbocycles. The first-order valence-electron chi connectivity index (χ1n) is 5.66. The first kappa shape index (κ1) is 9.46. The zero-order valence-corrected chi connectivity index (χ0v) is 9.70. The molecule has 1 aliphatic rings. The van der Waals surface area contributed by atoms with E-state index in [1.54, 1.807) is 0 Å². The fraction of sp³-hybridized carbons (Fsp3) is 0.200. The lowest BCUT2D eigenvalue weighted by molar-refractivity contribution is 0.927. The minimum atomic E-state index is 1.10. The van der Waals surface area contributed by atoms with Gasteiger partial charge in [-0.3, -0.25) is 0 Å². The van der Waals surface area contributed by atoms with E-state index in [0.29, 0.717) is 0 Å². The summed E-state index contributed by atoms with van der Waals surface area (Å²) in [6, 6.07) is 10.9. The summed E-state index contributed by atoms with van der Waals surface area (Å²) in [5, 5.41) is 0. The van der Waals surface area contributed by atoms with E-state index in [9.17, 15) is 0 Å². The lowest BCUT2D eigenvalue weighted by atomic mass is 10.0. The zero-order valence-electron chi connectivity index (χ0n) is 9.70. The minimum Gasteiger partial charge on any atom is -0.357 e. The van der Waals surface area contributed by atoms with Crippen LogP contribution in [0.2, 0.25) is 0 Å². The summed E-state index contributed by atoms with van der Waals surface area (Å²) < 4.78 is 2.11. The molecule has 1 aromatic carbocycles. The third-order valence-corrected chi connectivity index (χ3v) is 3.29. The van der Waals surface area contributed by atoms with Crippen molar-refractivity contribution in [1.29, 1.82) is 0 Å². The van der Waals surface area contributed by atoms with Gasteiger partial charge in [0.05, 0.1) is 0 Å². The molecule has 0 radical (unpaired) electrons. The predicted molar refractivity (Wildman–Crippen MR) is 67.3 cm³/mol. The average Bonchev–Trinajstić information content (AvgIpc) is 2.80. The normalized spacial score (nSPS) is 14.4. The summed E-state index contributed by atoms with van der Waals surface area (Å²) in [7, 11) is 2.07. The standard InChI is InChI=1S/C15H15N/c1-11-9-12-5-3-4-6-14(12)15(11)13-7-8-16(2)10-13/h3-8,10H,9H2,1-2H3. The second-order valence-electron chi connectivity index (χ2n) is 4.55. The van der Waals surface area contributed by atoms with Crippen molar-refractivity contribution in [1.82, 2.24) is 4.57 Å². The first-order chi connectivity index (χ1) is 7.75. The number of nitrogens with zero attached hydrogens (tertiary/aromatic N) is 1. The van der Waals surface area contributed by atoms with Crippen LogP contribution in [0.5, 0.6) is 0 Å². The summed E-state index contributed by atoms with van der Waals surface area (Å²) in [5.74, 6) is 0. The van der Waals surface area contributed by atoms with E-state index in [-0.39, 0.29) is 0 Å². The quantitative estimate of drug-likeness (QED) is 0.678. The third kappa shape index (κ3) is 1.32. The predicted octanol–water partition coefficient (Wildman–Crippen LogP) is 3.40. The van der Waals surface area contributed by atoms with Crippen molar-refractivity contribution >= 4 is 5.57 Å². The summed E-state index contributed by atoms with van der Waals surface area (Å²) in [5.41, 5.74) is 7.11. The summed E-state index contributed by atoms with van der Waals surface area (Å²) >= 11 is 0. The molecule has 0 N–H and O–H groups in total. The Hall–Kier alpha value is -1.76. The first-order valence-corrected chi connectivity index (χ1v) is 5.66. The van der Waals surface area contributed by atoms with Crippen LogP contribution in [-0.4, -0.2) is 4.57 Å². The van der Waals surface area contributed by atoms with E-state index >= 15 is 0 Å². The molecule has 3 rings (SSSR count). The Kier molecular flexibility index (Phi) is 2.00. The lowest BCUT2D eigenvalue weighted by Gasteiger charge is -2.04. The average molecular weight is 209 g/mol. The highest BCUT2D eigenvalue weighted by Crippen LogP contribution is 2.36. The van der Waals surface area contributed by atoms with Crippen LogP contribution in [0.1, 0.15) is 23.6 Å². The largest absolute Gasteiger partial charge is 0.357 e. The van der Waals surface area contributed by atoms with Gasteiger partial charge >= 0.3 is 0 Å². The molecule has 0 amide bonds. The fourth-order valence-electron chi connectivity index (χ4n) is 2.58. The van der Waals surface area contributed by atoms with Gasteiger partial charge in [0.15, 0.2) is 0 Å². The Morgan fingerprint density at radius 3 is 2.69 bits per heavy atom. The second-order valence-corrected chi connectivity index (χ2v) is 4.55. The highest BCUT2D eigenvalue weighted by molar-refractivity contribution is 5.86. The second kappa shape index (κ2) is 3.38. The molecular weight excluding hydrogens is 194 g/mol. The Labute approximate surface area is 96.0 Å². The van der Waals surface area contributed by atoms with Crippen LogP contribution in [0.3, 0.4) is 0 Å². The van der Waals surface area contributed by atoms with Crippen molar-refractivity contribution in [2.75, 3.05) is 0 Å². The van der Waals surface area contributed by atoms with Gasteiger partial charge in [-0.25, -0.2) is 0 Å². The number of hydrogen-bond donors (Lipinski definition) is 0. The molecule has 1 heteroatoms. The summed E-state index contributed by atoms with van der Waals surface area (Å²) in [6.07, 6.45) is 5.40. The Morgan fingerprint density at radius 1 is 1.12 bits per heavy atom. The Bertz CT molecular complexity index is 573. The van der Waals surface area contributed by atoms with E-state index in [1.807, 2.05) is 0 Å². The minimum absolute atomic E-state index is 1.10. The Balaban J connectivity index is 2.18. The molecule has 0 atom stereocenters. The van der Waals surface area contributed by atoms with Gasteiger partial charge in [0.1, 0.15) is 0 Å². The molecule has 1 nitrogen and oxygen atoms in total. The Morgan fingerprint density at radius 2 is 1.94 bits per heavy atom. The van der Waals surface area contributed by atoms with Gasteiger partial charge in [0.25, 0.3) is 0 Å². The van der Waals surface area contributed by atoms with Gasteiger partial charge in [-0.05, 0) is 41.7 Å². The molecule has 1 aromatic heterocycles. The maximum absolute atomic E-state index is 2.24. The van der Waals surface area contributed by atoms with Crippen LogP contribution in [-0.2, 0) is 13.5 Å². The van der Waals surface area contributed by atoms with Crippen molar-refractivity contribution in [3.05, 3.63) is 65.0 Å². The monoisotopic (exact) mass is 209 g/mol. The SMILES string of the molecule is CC1=C(c2ccn(C)c2)c2ccccc2C1. The van der Waals surface area contributed by atoms with E-state index in [2.05, 4.69) is 61.3 Å². The van der Waals surface area contributed by atoms with Crippen LogP contribution in [0.25, 0.3) is 5.57 Å². The molecule has 1 aliphatic carbocycles. The van der Waals surface area contributed by atoms with E-state index in [1.165, 1.54) is 27.8 Å². The number of aryl methyl sites for hydroxylation is 1. The van der Waals surface area contributed by atoms with Gasteiger partial charge in [-0.2, -0.15) is 0 Å². The van der Waals surface area contributed by atoms with Crippen molar-refractivity contribution < 1.29 is 0 Å². The van der Waals surface area contributed by atoms with Gasteiger partial charge in [0.2, 0.25) is 0 Å². The van der Waals surface area contributed by atoms with Gasteiger partial charge in [0, 0.05) is 19.4 Å². The molecule has 16 heavy (non-hydrogen) atoms. The smallest absolute Gasteiger partial charge is 0.0111 e. The van der Waals surface area contributed by atoms with Crippen molar-refractivity contribution in [3.8, 4) is 0 Å². The molecule has 1 heterocycles. The maximum atomic E-state index is 2.24. The maximum Gasteiger partial charge on any atom is 0.0111 e. The molecule has 0 spiro atoms. The van der Waals surface area contributed by atoms with Crippen LogP contribution in [0.4, 0.5) is 0 Å². The van der Waals surface area contributed by atoms with Crippen LogP contribution >= 0.6 is 0 Å². The number of rotatable bonds is 1. The third-order valence-electron chi connectivity index (χ3n) is 3.29. The zero-order chi connectivity index (χ0) is 11.1. The van der Waals surface area contributed by atoms with Crippen molar-refractivity contribution in [2.24, 2.45) is 7.05 Å². The molecule has 0 bridgehead atoms. The van der Waals surface area contributed by atoms with Crippen LogP contribution < -0.4 is 0 Å². The van der Waals surface area contributed by atoms with Crippen molar-refractivity contribution in [2.45, 2.75) is 13.3 Å². The van der Waals surface area contributed by atoms with Gasteiger partial charge in [-0.15, -0.1) is 0 Å². The molecule has 80 valence electrons. The number of fused-ring (bicyclic) bond motifs is 1. The van der Waals surface area contributed by atoms with Crippen LogP contribution in [0.15, 0.2) is 48.3 Å². The van der Waals surface area contributed by atoms with Crippen LogP contribution in [0, 0.1) is 0 Å². The molecule has 0 unspecified atom stereocenters. The number of hydrogen-bond acceptors (Lipinski definition) is 0. The summed E-state index contributed by atoms with van der Waals surface area (Å²) in [6.45, 7) is 2.24. The van der Waals surface area contributed by atoms with Gasteiger partial charge < -0.3 is 4.57 Å². The highest BCUT2D eigenvalue weighted by atomic mass is 14.9. The van der Waals surface area contributed by atoms with E-state index < -0.39 is 0 Å². The molecule has 0 aliphatic heterocycles. The lowest BCUT2D eigenvalue weighted by Crippen LogP contribution is -1.85. The molecule has 2 aromatic rings. The molecular formula is C15H15N. The van der Waals surface area contributed by atoms with E-state index in [0.717, 1.165) is 6.42 Å². The van der Waals surface area contributed by atoms with Gasteiger partial charge in [-0.1, -0.05) is 29.8 Å². The van der Waals surface area contributed by atoms with Crippen molar-refractivity contribution in [3.63, 3.8) is 0 Å². The number of benzene rings is 1. The highest BCUT2D eigenvalue weighted by Gasteiger charge is 2.19. The number of aromatic nitrogens is 1. The summed E-state index contributed by atoms with van der Waals surface area (Å²) in [4.78, 5) is 0. The number of allylic oxidation sites excluding steroid dienone is 1. The molecule has 0 saturated heterocycles. The topological polar surface area (TPSA) is 4.93 Å². The van der Waals surface area contributed by atoms with E-state index in [4.69, 9.17) is 0 Å². The molecule has 0 fully saturated rings.